The molecule has 1 aromatic heterocycles. The second-order valence-corrected chi connectivity index (χ2v) is 7.20. The van der Waals surface area contributed by atoms with E-state index in [9.17, 15) is 14.7 Å². The maximum absolute atomic E-state index is 12.9. The molecule has 1 saturated heterocycles. The molecule has 1 fully saturated rings. The standard InChI is InChI=1S/C18H24N4O3/c1-18(2,25)12-21-8-10-22(11-9-21)17(24)15-13-6-4-5-7-14(13)16(23)20(3)19-15/h4-7,25H,8-12H2,1-3H3. The van der Waals surface area contributed by atoms with Crippen LogP contribution in [-0.2, 0) is 7.05 Å². The minimum Gasteiger partial charge on any atom is -0.389 e. The quantitative estimate of drug-likeness (QED) is 0.875. The highest BCUT2D eigenvalue weighted by Crippen LogP contribution is 2.16. The lowest BCUT2D eigenvalue weighted by molar-refractivity contribution is 0.0177. The number of carbonyl (C=O) groups excluding carboxylic acids is 1. The molecule has 2 aromatic rings. The third kappa shape index (κ3) is 3.72. The molecule has 2 heterocycles. The van der Waals surface area contributed by atoms with E-state index in [2.05, 4.69) is 10.00 Å². The number of amides is 1. The molecule has 0 radical (unpaired) electrons. The largest absolute Gasteiger partial charge is 0.389 e. The Morgan fingerprint density at radius 2 is 1.76 bits per heavy atom. The Bertz CT molecular complexity index is 846. The van der Waals surface area contributed by atoms with E-state index in [4.69, 9.17) is 0 Å². The summed E-state index contributed by atoms with van der Waals surface area (Å²) in [5.74, 6) is -0.158. The molecule has 1 aliphatic heterocycles. The van der Waals surface area contributed by atoms with Crippen LogP contribution >= 0.6 is 0 Å². The monoisotopic (exact) mass is 344 g/mol. The van der Waals surface area contributed by atoms with Crippen molar-refractivity contribution in [3.8, 4) is 0 Å². The van der Waals surface area contributed by atoms with E-state index in [1.807, 2.05) is 6.07 Å². The first-order chi connectivity index (χ1) is 11.8. The molecule has 0 unspecified atom stereocenters. The number of nitrogens with zero attached hydrogens (tertiary/aromatic N) is 4. The van der Waals surface area contributed by atoms with E-state index in [1.165, 1.54) is 4.68 Å². The van der Waals surface area contributed by atoms with Gasteiger partial charge in [-0.15, -0.1) is 0 Å². The Hall–Kier alpha value is -2.25. The van der Waals surface area contributed by atoms with Crippen LogP contribution in [0, 0.1) is 0 Å². The first-order valence-corrected chi connectivity index (χ1v) is 8.46. The van der Waals surface area contributed by atoms with Crippen LogP contribution in [0.25, 0.3) is 10.8 Å². The summed E-state index contributed by atoms with van der Waals surface area (Å²) in [6.07, 6.45) is 0. The van der Waals surface area contributed by atoms with Crippen molar-refractivity contribution in [2.24, 2.45) is 7.05 Å². The average molecular weight is 344 g/mol. The molecule has 7 heteroatoms. The Morgan fingerprint density at radius 3 is 2.36 bits per heavy atom. The van der Waals surface area contributed by atoms with Gasteiger partial charge in [-0.05, 0) is 19.9 Å². The van der Waals surface area contributed by atoms with Crippen LogP contribution in [0.2, 0.25) is 0 Å². The molecule has 0 saturated carbocycles. The van der Waals surface area contributed by atoms with Crippen LogP contribution in [-0.4, -0.2) is 68.9 Å². The molecule has 7 nitrogen and oxygen atoms in total. The summed E-state index contributed by atoms with van der Waals surface area (Å²) in [6, 6.07) is 7.08. The first-order valence-electron chi connectivity index (χ1n) is 8.46. The van der Waals surface area contributed by atoms with E-state index in [0.717, 1.165) is 0 Å². The van der Waals surface area contributed by atoms with Gasteiger partial charge in [0.1, 0.15) is 0 Å². The molecule has 3 rings (SSSR count). The second-order valence-electron chi connectivity index (χ2n) is 7.20. The maximum Gasteiger partial charge on any atom is 0.275 e. The molecule has 25 heavy (non-hydrogen) atoms. The predicted molar refractivity (Wildman–Crippen MR) is 95.6 cm³/mol. The maximum atomic E-state index is 12.9. The SMILES string of the molecule is Cn1nc(C(=O)N2CCN(CC(C)(C)O)CC2)c2ccccc2c1=O. The van der Waals surface area contributed by atoms with Crippen molar-refractivity contribution in [1.29, 1.82) is 0 Å². The van der Waals surface area contributed by atoms with Crippen LogP contribution in [0.5, 0.6) is 0 Å². The van der Waals surface area contributed by atoms with Gasteiger partial charge in [-0.3, -0.25) is 14.5 Å². The Labute approximate surface area is 146 Å². The summed E-state index contributed by atoms with van der Waals surface area (Å²) < 4.78 is 1.22. The molecule has 134 valence electrons. The number of aliphatic hydroxyl groups is 1. The highest BCUT2D eigenvalue weighted by Gasteiger charge is 2.27. The fraction of sp³-hybridized carbons (Fsp3) is 0.500. The summed E-state index contributed by atoms with van der Waals surface area (Å²) >= 11 is 0. The highest BCUT2D eigenvalue weighted by atomic mass is 16.3. The highest BCUT2D eigenvalue weighted by molar-refractivity contribution is 6.04. The summed E-state index contributed by atoms with van der Waals surface area (Å²) in [7, 11) is 1.56. The molecule has 1 amide bonds. The number of piperazine rings is 1. The smallest absolute Gasteiger partial charge is 0.275 e. The zero-order valence-electron chi connectivity index (χ0n) is 14.9. The first kappa shape index (κ1) is 17.6. The topological polar surface area (TPSA) is 78.7 Å². The number of hydrogen-bond acceptors (Lipinski definition) is 5. The van der Waals surface area contributed by atoms with Crippen molar-refractivity contribution in [2.45, 2.75) is 19.4 Å². The van der Waals surface area contributed by atoms with Gasteiger partial charge < -0.3 is 10.0 Å². The third-order valence-electron chi connectivity index (χ3n) is 4.43. The fourth-order valence-electron chi connectivity index (χ4n) is 3.26. The molecular weight excluding hydrogens is 320 g/mol. The van der Waals surface area contributed by atoms with Gasteiger partial charge in [0, 0.05) is 45.2 Å². The summed E-state index contributed by atoms with van der Waals surface area (Å²) in [4.78, 5) is 29.1. The van der Waals surface area contributed by atoms with Gasteiger partial charge in [0.25, 0.3) is 11.5 Å². The molecule has 0 spiro atoms. The van der Waals surface area contributed by atoms with Crippen LogP contribution < -0.4 is 5.56 Å². The Morgan fingerprint density at radius 1 is 1.16 bits per heavy atom. The summed E-state index contributed by atoms with van der Waals surface area (Å²) in [5.41, 5.74) is -0.641. The fourth-order valence-corrected chi connectivity index (χ4v) is 3.26. The Balaban J connectivity index is 1.82. The van der Waals surface area contributed by atoms with Crippen LogP contribution in [0.4, 0.5) is 0 Å². The summed E-state index contributed by atoms with van der Waals surface area (Å²) in [5, 5.41) is 15.2. The van der Waals surface area contributed by atoms with Crippen molar-refractivity contribution >= 4 is 16.7 Å². The van der Waals surface area contributed by atoms with Crippen molar-refractivity contribution in [3.63, 3.8) is 0 Å². The average Bonchev–Trinajstić information content (AvgIpc) is 2.57. The third-order valence-corrected chi connectivity index (χ3v) is 4.43. The molecule has 0 bridgehead atoms. The van der Waals surface area contributed by atoms with Gasteiger partial charge in [-0.2, -0.15) is 5.10 Å². The van der Waals surface area contributed by atoms with Gasteiger partial charge >= 0.3 is 0 Å². The lowest BCUT2D eigenvalue weighted by Crippen LogP contribution is -2.52. The Kier molecular flexibility index (Phi) is 4.62. The number of carbonyl (C=O) groups is 1. The van der Waals surface area contributed by atoms with E-state index >= 15 is 0 Å². The van der Waals surface area contributed by atoms with Crippen molar-refractivity contribution in [1.82, 2.24) is 19.6 Å². The van der Waals surface area contributed by atoms with Crippen LogP contribution in [0.1, 0.15) is 24.3 Å². The van der Waals surface area contributed by atoms with Crippen molar-refractivity contribution < 1.29 is 9.90 Å². The number of aromatic nitrogens is 2. The van der Waals surface area contributed by atoms with Gasteiger partial charge in [0.15, 0.2) is 5.69 Å². The number of benzene rings is 1. The van der Waals surface area contributed by atoms with E-state index < -0.39 is 5.60 Å². The molecule has 0 aliphatic carbocycles. The predicted octanol–water partition coefficient (Wildman–Crippen LogP) is 0.462. The minimum absolute atomic E-state index is 0.158. The lowest BCUT2D eigenvalue weighted by atomic mass is 10.1. The van der Waals surface area contributed by atoms with E-state index in [-0.39, 0.29) is 11.5 Å². The number of hydrogen-bond donors (Lipinski definition) is 1. The van der Waals surface area contributed by atoms with Gasteiger partial charge in [0.05, 0.1) is 11.0 Å². The number of rotatable bonds is 3. The van der Waals surface area contributed by atoms with Gasteiger partial charge in [0.2, 0.25) is 0 Å². The normalized spacial score (nSPS) is 16.4. The number of fused-ring (bicyclic) bond motifs is 1. The lowest BCUT2D eigenvalue weighted by Gasteiger charge is -2.37. The van der Waals surface area contributed by atoms with Crippen molar-refractivity contribution in [2.75, 3.05) is 32.7 Å². The summed E-state index contributed by atoms with van der Waals surface area (Å²) in [6.45, 7) is 6.71. The van der Waals surface area contributed by atoms with Crippen LogP contribution in [0.15, 0.2) is 29.1 Å². The molecular formula is C18H24N4O3. The molecule has 1 aliphatic rings. The molecule has 0 atom stereocenters. The van der Waals surface area contributed by atoms with E-state index in [0.29, 0.717) is 49.2 Å². The zero-order valence-corrected chi connectivity index (χ0v) is 14.9. The second kappa shape index (κ2) is 6.57. The zero-order chi connectivity index (χ0) is 18.2. The van der Waals surface area contributed by atoms with E-state index in [1.54, 1.807) is 44.0 Å². The van der Waals surface area contributed by atoms with Crippen molar-refractivity contribution in [3.05, 3.63) is 40.3 Å². The molecule has 1 N–H and O–H groups in total. The van der Waals surface area contributed by atoms with Gasteiger partial charge in [-0.25, -0.2) is 4.68 Å². The minimum atomic E-state index is -0.748. The number of β-amino-alcohol motifs (C(OH)–C–C–N with tert-alkyl or cyclic N) is 1. The van der Waals surface area contributed by atoms with Crippen LogP contribution in [0.3, 0.4) is 0 Å². The molecule has 1 aromatic carbocycles. The number of aryl methyl sites for hydroxylation is 1. The van der Waals surface area contributed by atoms with Gasteiger partial charge in [-0.1, -0.05) is 18.2 Å².